The zero-order valence-corrected chi connectivity index (χ0v) is 17.5. The first-order valence-electron chi connectivity index (χ1n) is 9.95. The van der Waals surface area contributed by atoms with Gasteiger partial charge in [0.25, 0.3) is 0 Å². The van der Waals surface area contributed by atoms with Crippen molar-refractivity contribution in [3.8, 4) is 16.9 Å². The number of methoxy groups -OCH3 is 1. The third-order valence-electron chi connectivity index (χ3n) is 5.79. The van der Waals surface area contributed by atoms with Crippen LogP contribution in [-0.2, 0) is 0 Å². The highest BCUT2D eigenvalue weighted by Gasteiger charge is 2.18. The minimum atomic E-state index is -0.520. The van der Waals surface area contributed by atoms with Gasteiger partial charge in [0.1, 0.15) is 0 Å². The Morgan fingerprint density at radius 1 is 0.931 bits per heavy atom. The van der Waals surface area contributed by atoms with Gasteiger partial charge < -0.3 is 4.74 Å². The van der Waals surface area contributed by atoms with Crippen molar-refractivity contribution in [2.45, 2.75) is 32.1 Å². The van der Waals surface area contributed by atoms with Crippen LogP contribution in [0.15, 0.2) is 66.7 Å². The van der Waals surface area contributed by atoms with Crippen molar-refractivity contribution in [2.75, 3.05) is 7.11 Å². The van der Waals surface area contributed by atoms with E-state index in [4.69, 9.17) is 16.3 Å². The van der Waals surface area contributed by atoms with E-state index in [2.05, 4.69) is 49.4 Å². The van der Waals surface area contributed by atoms with Crippen LogP contribution in [-0.4, -0.2) is 7.11 Å². The van der Waals surface area contributed by atoms with Gasteiger partial charge in [-0.25, -0.2) is 4.39 Å². The van der Waals surface area contributed by atoms with Gasteiger partial charge in [0.2, 0.25) is 0 Å². The van der Waals surface area contributed by atoms with E-state index in [1.54, 1.807) is 12.1 Å². The summed E-state index contributed by atoms with van der Waals surface area (Å²) >= 11 is 6.22. The summed E-state index contributed by atoms with van der Waals surface area (Å²) in [6.45, 7) is 2.12. The highest BCUT2D eigenvalue weighted by molar-refractivity contribution is 6.33. The number of ether oxygens (including phenoxy) is 1. The molecule has 0 saturated carbocycles. The molecule has 0 radical (unpaired) electrons. The van der Waals surface area contributed by atoms with Gasteiger partial charge in [0, 0.05) is 5.56 Å². The Kier molecular flexibility index (Phi) is 5.73. The van der Waals surface area contributed by atoms with Crippen LogP contribution in [0.25, 0.3) is 16.7 Å². The molecule has 0 saturated heterocycles. The smallest absolute Gasteiger partial charge is 0.184 e. The second-order valence-corrected chi connectivity index (χ2v) is 8.01. The van der Waals surface area contributed by atoms with E-state index in [1.165, 1.54) is 29.4 Å². The average molecular weight is 407 g/mol. The van der Waals surface area contributed by atoms with E-state index in [0.29, 0.717) is 11.5 Å². The van der Waals surface area contributed by atoms with Crippen LogP contribution in [0.1, 0.15) is 41.9 Å². The molecule has 0 bridgehead atoms. The van der Waals surface area contributed by atoms with Gasteiger partial charge in [-0.15, -0.1) is 0 Å². The maximum Gasteiger partial charge on any atom is 0.184 e. The molecule has 3 aromatic rings. The van der Waals surface area contributed by atoms with Crippen LogP contribution in [0.2, 0.25) is 5.02 Å². The molecule has 0 heterocycles. The normalized spacial score (nSPS) is 16.4. The number of benzene rings is 3. The van der Waals surface area contributed by atoms with Crippen molar-refractivity contribution in [3.63, 3.8) is 0 Å². The van der Waals surface area contributed by atoms with Crippen LogP contribution >= 0.6 is 11.6 Å². The lowest BCUT2D eigenvalue weighted by Crippen LogP contribution is -2.04. The number of rotatable bonds is 4. The highest BCUT2D eigenvalue weighted by Crippen LogP contribution is 2.38. The van der Waals surface area contributed by atoms with Crippen LogP contribution < -0.4 is 4.74 Å². The van der Waals surface area contributed by atoms with E-state index in [1.807, 2.05) is 12.1 Å². The molecule has 3 aromatic carbocycles. The van der Waals surface area contributed by atoms with Crippen LogP contribution in [0.3, 0.4) is 0 Å². The number of hydrogen-bond donors (Lipinski definition) is 0. The molecule has 4 rings (SSSR count). The molecule has 29 heavy (non-hydrogen) atoms. The summed E-state index contributed by atoms with van der Waals surface area (Å²) in [5.41, 5.74) is 6.91. The topological polar surface area (TPSA) is 9.23 Å². The van der Waals surface area contributed by atoms with Gasteiger partial charge >= 0.3 is 0 Å². The fourth-order valence-corrected chi connectivity index (χ4v) is 4.28. The van der Waals surface area contributed by atoms with E-state index < -0.39 is 5.82 Å². The second kappa shape index (κ2) is 8.42. The van der Waals surface area contributed by atoms with Crippen molar-refractivity contribution in [1.82, 2.24) is 0 Å². The van der Waals surface area contributed by atoms with Crippen LogP contribution in [0.5, 0.6) is 5.75 Å². The van der Waals surface area contributed by atoms with E-state index >= 15 is 0 Å². The lowest BCUT2D eigenvalue weighted by Gasteiger charge is -2.23. The molecule has 1 aliphatic rings. The molecule has 1 aliphatic carbocycles. The summed E-state index contributed by atoms with van der Waals surface area (Å²) in [4.78, 5) is 0. The molecule has 0 aliphatic heterocycles. The molecule has 0 amide bonds. The Hall–Kier alpha value is -2.58. The molecule has 1 atom stereocenters. The summed E-state index contributed by atoms with van der Waals surface area (Å²) in [6, 6.07) is 20.5. The predicted octanol–water partition coefficient (Wildman–Crippen LogP) is 7.81. The maximum atomic E-state index is 14.3. The minimum Gasteiger partial charge on any atom is -0.494 e. The standard InChI is InChI=1S/C26H24ClFO/c1-17-3-5-18(6-4-17)19-7-9-20(10-8-19)21-11-13-22(14-12-21)23-15-16-24(29-2)26(28)25(23)27/h3-6,9,11-16,19H,7-8,10H2,1-2H3. The van der Waals surface area contributed by atoms with Gasteiger partial charge in [0.05, 0.1) is 12.1 Å². The number of halogens is 2. The second-order valence-electron chi connectivity index (χ2n) is 7.63. The summed E-state index contributed by atoms with van der Waals surface area (Å²) in [5.74, 6) is 0.235. The molecular formula is C26H24ClFO. The highest BCUT2D eigenvalue weighted by atomic mass is 35.5. The Balaban J connectivity index is 1.52. The quantitative estimate of drug-likeness (QED) is 0.429. The van der Waals surface area contributed by atoms with Crippen LogP contribution in [0.4, 0.5) is 4.39 Å². The Morgan fingerprint density at radius 3 is 2.24 bits per heavy atom. The van der Waals surface area contributed by atoms with Gasteiger partial charge in [-0.05, 0) is 66.5 Å². The molecule has 1 unspecified atom stereocenters. The van der Waals surface area contributed by atoms with E-state index in [-0.39, 0.29) is 10.8 Å². The van der Waals surface area contributed by atoms with Crippen molar-refractivity contribution in [2.24, 2.45) is 0 Å². The first kappa shape index (κ1) is 19.7. The fourth-order valence-electron chi connectivity index (χ4n) is 4.01. The third-order valence-corrected chi connectivity index (χ3v) is 6.16. The zero-order valence-electron chi connectivity index (χ0n) is 16.7. The lowest BCUT2D eigenvalue weighted by atomic mass is 9.82. The Morgan fingerprint density at radius 2 is 1.62 bits per heavy atom. The largest absolute Gasteiger partial charge is 0.494 e. The Bertz CT molecular complexity index is 1040. The fraction of sp³-hybridized carbons (Fsp3) is 0.231. The van der Waals surface area contributed by atoms with E-state index in [0.717, 1.165) is 24.8 Å². The lowest BCUT2D eigenvalue weighted by molar-refractivity contribution is 0.387. The number of aryl methyl sites for hydroxylation is 1. The van der Waals surface area contributed by atoms with E-state index in [9.17, 15) is 4.39 Å². The first-order chi connectivity index (χ1) is 14.1. The summed E-state index contributed by atoms with van der Waals surface area (Å²) in [7, 11) is 1.44. The molecule has 0 aromatic heterocycles. The molecule has 0 N–H and O–H groups in total. The summed E-state index contributed by atoms with van der Waals surface area (Å²) in [6.07, 6.45) is 5.65. The SMILES string of the molecule is COc1ccc(-c2ccc(C3=CCC(c4ccc(C)cc4)CC3)cc2)c(Cl)c1F. The van der Waals surface area contributed by atoms with Gasteiger partial charge in [-0.1, -0.05) is 71.8 Å². The summed E-state index contributed by atoms with van der Waals surface area (Å²) < 4.78 is 19.2. The third kappa shape index (κ3) is 4.09. The molecule has 3 heteroatoms. The minimum absolute atomic E-state index is 0.0925. The van der Waals surface area contributed by atoms with Gasteiger partial charge in [0.15, 0.2) is 11.6 Å². The monoisotopic (exact) mass is 406 g/mol. The number of allylic oxidation sites excluding steroid dienone is 2. The van der Waals surface area contributed by atoms with Crippen molar-refractivity contribution in [3.05, 3.63) is 94.3 Å². The molecule has 1 nitrogen and oxygen atoms in total. The summed E-state index contributed by atoms with van der Waals surface area (Å²) in [5, 5.41) is 0.0925. The number of hydrogen-bond acceptors (Lipinski definition) is 1. The van der Waals surface area contributed by atoms with Crippen molar-refractivity contribution >= 4 is 17.2 Å². The molecule has 148 valence electrons. The molecule has 0 spiro atoms. The predicted molar refractivity (Wildman–Crippen MR) is 119 cm³/mol. The molecular weight excluding hydrogens is 383 g/mol. The zero-order chi connectivity index (χ0) is 20.4. The Labute approximate surface area is 176 Å². The van der Waals surface area contributed by atoms with Crippen molar-refractivity contribution < 1.29 is 9.13 Å². The van der Waals surface area contributed by atoms with Crippen molar-refractivity contribution in [1.29, 1.82) is 0 Å². The van der Waals surface area contributed by atoms with Crippen LogP contribution in [0, 0.1) is 12.7 Å². The van der Waals surface area contributed by atoms with Gasteiger partial charge in [-0.2, -0.15) is 0 Å². The van der Waals surface area contributed by atoms with Gasteiger partial charge in [-0.3, -0.25) is 0 Å². The average Bonchev–Trinajstić information content (AvgIpc) is 2.76. The first-order valence-corrected chi connectivity index (χ1v) is 10.3. The maximum absolute atomic E-state index is 14.3. The molecule has 0 fully saturated rings.